The molecule has 1 N–H and O–H groups in total. The van der Waals surface area contributed by atoms with Gasteiger partial charge in [-0.3, -0.25) is 19.4 Å². The Bertz CT molecular complexity index is 580. The smallest absolute Gasteiger partial charge is 0.242 e. The Labute approximate surface area is 159 Å². The van der Waals surface area contributed by atoms with Crippen molar-refractivity contribution in [3.05, 3.63) is 0 Å². The molecule has 2 aliphatic rings. The third-order valence-corrected chi connectivity index (χ3v) is 6.37. The third-order valence-electron chi connectivity index (χ3n) is 6.37. The van der Waals surface area contributed by atoms with E-state index in [1.165, 1.54) is 0 Å². The van der Waals surface area contributed by atoms with Crippen molar-refractivity contribution in [2.24, 2.45) is 0 Å². The Morgan fingerprint density at radius 2 is 1.35 bits per heavy atom. The summed E-state index contributed by atoms with van der Waals surface area (Å²) >= 11 is 0. The molecule has 0 unspecified atom stereocenters. The number of carbonyl (C=O) groups excluding carboxylic acids is 2. The molecule has 6 nitrogen and oxygen atoms in total. The van der Waals surface area contributed by atoms with Gasteiger partial charge in [0.25, 0.3) is 0 Å². The first-order chi connectivity index (χ1) is 11.7. The van der Waals surface area contributed by atoms with E-state index in [2.05, 4.69) is 42.8 Å². The van der Waals surface area contributed by atoms with Gasteiger partial charge in [0.05, 0.1) is 11.1 Å². The summed E-state index contributed by atoms with van der Waals surface area (Å²) in [7, 11) is 0. The largest absolute Gasteiger partial charge is 0.353 e. The number of amides is 2. The number of piperazine rings is 2. The van der Waals surface area contributed by atoms with Crippen LogP contribution in [-0.2, 0) is 9.59 Å². The van der Waals surface area contributed by atoms with Gasteiger partial charge in [0.1, 0.15) is 0 Å². The van der Waals surface area contributed by atoms with E-state index >= 15 is 0 Å². The van der Waals surface area contributed by atoms with Crippen LogP contribution in [0.5, 0.6) is 0 Å². The van der Waals surface area contributed by atoms with Crippen LogP contribution < -0.4 is 5.32 Å². The van der Waals surface area contributed by atoms with E-state index in [-0.39, 0.29) is 22.9 Å². The van der Waals surface area contributed by atoms with Gasteiger partial charge in [-0.25, -0.2) is 0 Å². The minimum absolute atomic E-state index is 0.0715. The molecule has 0 radical (unpaired) electrons. The molecule has 0 saturated carbocycles. The maximum atomic E-state index is 12.9. The average molecular weight is 367 g/mol. The second-order valence-electron chi connectivity index (χ2n) is 10.0. The first-order valence-electron chi connectivity index (χ1n) is 9.81. The van der Waals surface area contributed by atoms with E-state index in [0.29, 0.717) is 6.54 Å². The van der Waals surface area contributed by atoms with Crippen LogP contribution in [0.25, 0.3) is 0 Å². The molecule has 6 heteroatoms. The molecule has 2 saturated heterocycles. The quantitative estimate of drug-likeness (QED) is 0.823. The molecule has 0 aromatic rings. The highest BCUT2D eigenvalue weighted by molar-refractivity contribution is 5.87. The van der Waals surface area contributed by atoms with Crippen LogP contribution in [-0.4, -0.2) is 81.4 Å². The minimum Gasteiger partial charge on any atom is -0.353 e. The molecule has 0 spiro atoms. The van der Waals surface area contributed by atoms with Crippen molar-refractivity contribution >= 4 is 11.8 Å². The second kappa shape index (κ2) is 6.48. The molecule has 150 valence electrons. The lowest BCUT2D eigenvalue weighted by Gasteiger charge is -2.57. The zero-order valence-corrected chi connectivity index (χ0v) is 18.2. The highest BCUT2D eigenvalue weighted by Gasteiger charge is 2.51. The summed E-state index contributed by atoms with van der Waals surface area (Å²) < 4.78 is 0. The van der Waals surface area contributed by atoms with E-state index < -0.39 is 11.1 Å². The fourth-order valence-corrected chi connectivity index (χ4v) is 4.99. The van der Waals surface area contributed by atoms with Crippen LogP contribution in [0.15, 0.2) is 0 Å². The van der Waals surface area contributed by atoms with Crippen molar-refractivity contribution in [1.29, 1.82) is 0 Å². The van der Waals surface area contributed by atoms with Crippen molar-refractivity contribution in [1.82, 2.24) is 20.0 Å². The summed E-state index contributed by atoms with van der Waals surface area (Å²) in [5.74, 6) is 0.261. The number of rotatable bonds is 4. The Kier molecular flexibility index (Phi) is 5.28. The van der Waals surface area contributed by atoms with Crippen LogP contribution in [0.2, 0.25) is 0 Å². The molecule has 2 fully saturated rings. The molecule has 0 atom stereocenters. The van der Waals surface area contributed by atoms with Gasteiger partial charge in [-0.1, -0.05) is 0 Å². The molecule has 2 aliphatic heterocycles. The lowest BCUT2D eigenvalue weighted by Crippen LogP contribution is -2.74. The van der Waals surface area contributed by atoms with Gasteiger partial charge >= 0.3 is 0 Å². The molecular formula is C20H38N4O2. The molecule has 2 amide bonds. The zero-order valence-electron chi connectivity index (χ0n) is 18.2. The van der Waals surface area contributed by atoms with E-state index in [9.17, 15) is 9.59 Å². The SMILES string of the molecule is CCN1CC(C)(C)N(CCN2C(C)(C)CNC(=O)C2(C)C)C(C)(C)C1=O. The number of hydrogen-bond acceptors (Lipinski definition) is 4. The molecule has 0 aromatic heterocycles. The second-order valence-corrected chi connectivity index (χ2v) is 10.0. The standard InChI is InChI=1S/C20H38N4O2/c1-10-22-14-18(4,5)24(20(8,9)16(22)26)12-11-23-17(2,3)13-21-15(25)19(23,6)7/h10-14H2,1-9H3,(H,21,25). The van der Waals surface area contributed by atoms with Gasteiger partial charge in [-0.15, -0.1) is 0 Å². The summed E-state index contributed by atoms with van der Waals surface area (Å²) in [5.41, 5.74) is -1.35. The highest BCUT2D eigenvalue weighted by Crippen LogP contribution is 2.34. The highest BCUT2D eigenvalue weighted by atomic mass is 16.2. The Hall–Kier alpha value is -1.14. The van der Waals surface area contributed by atoms with Gasteiger partial charge in [0, 0.05) is 43.8 Å². The lowest BCUT2D eigenvalue weighted by molar-refractivity contribution is -0.162. The number of likely N-dealkylation sites (N-methyl/N-ethyl adjacent to an activating group) is 1. The predicted molar refractivity (Wildman–Crippen MR) is 105 cm³/mol. The maximum absolute atomic E-state index is 12.9. The summed E-state index contributed by atoms with van der Waals surface area (Å²) in [5, 5.41) is 3.03. The first kappa shape index (κ1) is 21.2. The Morgan fingerprint density at radius 1 is 0.846 bits per heavy atom. The van der Waals surface area contributed by atoms with Gasteiger partial charge in [-0.05, 0) is 62.3 Å². The zero-order chi connectivity index (χ0) is 20.1. The molecule has 2 heterocycles. The van der Waals surface area contributed by atoms with Gasteiger partial charge in [0.15, 0.2) is 0 Å². The fourth-order valence-electron chi connectivity index (χ4n) is 4.99. The first-order valence-corrected chi connectivity index (χ1v) is 9.81. The third kappa shape index (κ3) is 3.38. The number of nitrogens with one attached hydrogen (secondary N) is 1. The van der Waals surface area contributed by atoms with E-state index in [4.69, 9.17) is 0 Å². The minimum atomic E-state index is -0.564. The maximum Gasteiger partial charge on any atom is 0.242 e. The van der Waals surface area contributed by atoms with Crippen LogP contribution in [0.3, 0.4) is 0 Å². The van der Waals surface area contributed by atoms with Crippen LogP contribution in [0.4, 0.5) is 0 Å². The molecule has 0 aliphatic carbocycles. The van der Waals surface area contributed by atoms with E-state index in [0.717, 1.165) is 26.2 Å². The molecule has 26 heavy (non-hydrogen) atoms. The summed E-state index contributed by atoms with van der Waals surface area (Å²) in [6, 6.07) is 0. The van der Waals surface area contributed by atoms with Gasteiger partial charge in [-0.2, -0.15) is 0 Å². The molecule has 0 bridgehead atoms. The number of nitrogens with zero attached hydrogens (tertiary/aromatic N) is 3. The fraction of sp³-hybridized carbons (Fsp3) is 0.900. The summed E-state index contributed by atoms with van der Waals surface area (Å²) in [6.07, 6.45) is 0. The Morgan fingerprint density at radius 3 is 1.85 bits per heavy atom. The molecular weight excluding hydrogens is 328 g/mol. The number of hydrogen-bond donors (Lipinski definition) is 1. The Balaban J connectivity index is 2.26. The lowest BCUT2D eigenvalue weighted by atomic mass is 9.85. The summed E-state index contributed by atoms with van der Waals surface area (Å²) in [6.45, 7) is 22.5. The van der Waals surface area contributed by atoms with Crippen molar-refractivity contribution < 1.29 is 9.59 Å². The molecule has 2 rings (SSSR count). The topological polar surface area (TPSA) is 55.9 Å². The van der Waals surface area contributed by atoms with Crippen LogP contribution >= 0.6 is 0 Å². The van der Waals surface area contributed by atoms with Crippen LogP contribution in [0, 0.1) is 0 Å². The van der Waals surface area contributed by atoms with Crippen LogP contribution in [0.1, 0.15) is 62.3 Å². The predicted octanol–water partition coefficient (Wildman–Crippen LogP) is 1.70. The van der Waals surface area contributed by atoms with Gasteiger partial charge in [0.2, 0.25) is 11.8 Å². The normalized spacial score (nSPS) is 28.1. The van der Waals surface area contributed by atoms with Gasteiger partial charge < -0.3 is 10.2 Å². The van der Waals surface area contributed by atoms with Crippen molar-refractivity contribution in [2.75, 3.05) is 32.7 Å². The summed E-state index contributed by atoms with van der Waals surface area (Å²) in [4.78, 5) is 31.9. The number of carbonyl (C=O) groups is 2. The monoisotopic (exact) mass is 366 g/mol. The van der Waals surface area contributed by atoms with Crippen molar-refractivity contribution in [3.8, 4) is 0 Å². The van der Waals surface area contributed by atoms with E-state index in [1.807, 2.05) is 39.5 Å². The average Bonchev–Trinajstić information content (AvgIpc) is 2.50. The molecule has 0 aromatic carbocycles. The van der Waals surface area contributed by atoms with Crippen molar-refractivity contribution in [2.45, 2.75) is 84.5 Å². The van der Waals surface area contributed by atoms with Crippen molar-refractivity contribution in [3.63, 3.8) is 0 Å². The van der Waals surface area contributed by atoms with E-state index in [1.54, 1.807) is 0 Å².